The van der Waals surface area contributed by atoms with Gasteiger partial charge < -0.3 is 10.1 Å². The van der Waals surface area contributed by atoms with Gasteiger partial charge in [-0.05, 0) is 72.8 Å². The lowest BCUT2D eigenvalue weighted by molar-refractivity contribution is 0.0977. The van der Waals surface area contributed by atoms with E-state index in [9.17, 15) is 10.1 Å². The second-order valence-corrected chi connectivity index (χ2v) is 8.39. The van der Waals surface area contributed by atoms with Gasteiger partial charge in [0, 0.05) is 16.8 Å². The summed E-state index contributed by atoms with van der Waals surface area (Å²) in [5.74, 6) is 1.03. The molecule has 0 bridgehead atoms. The molecule has 2 aromatic carbocycles. The van der Waals surface area contributed by atoms with Crippen molar-refractivity contribution in [3.63, 3.8) is 0 Å². The third kappa shape index (κ3) is 4.71. The molecule has 1 unspecified atom stereocenters. The van der Waals surface area contributed by atoms with Crippen molar-refractivity contribution < 1.29 is 9.53 Å². The molecular formula is C26H24N4O2S. The lowest BCUT2D eigenvalue weighted by Gasteiger charge is -2.26. The Morgan fingerprint density at radius 1 is 1.18 bits per heavy atom. The van der Waals surface area contributed by atoms with Crippen molar-refractivity contribution >= 4 is 29.1 Å². The van der Waals surface area contributed by atoms with Crippen LogP contribution in [-0.2, 0) is 6.42 Å². The van der Waals surface area contributed by atoms with Crippen molar-refractivity contribution in [3.05, 3.63) is 77.0 Å². The SMILES string of the molecule is COc1ccc(-c2c(C#N)c(NC(=S)NC(=O)c3ccccc3)nc3c2CCCC3C)cc1. The highest BCUT2D eigenvalue weighted by atomic mass is 32.1. The van der Waals surface area contributed by atoms with E-state index in [0.29, 0.717) is 16.9 Å². The predicted molar refractivity (Wildman–Crippen MR) is 132 cm³/mol. The number of carbonyl (C=O) groups is 1. The maximum atomic E-state index is 12.5. The number of carbonyl (C=O) groups excluding carboxylic acids is 1. The standard InChI is InChI=1S/C26H24N4O2S/c1-16-7-6-10-20-22(17-11-13-19(32-2)14-12-17)21(15-27)24(28-23(16)20)29-26(33)30-25(31)18-8-4-3-5-9-18/h3-5,8-9,11-14,16H,6-7,10H2,1-2H3,(H2,28,29,30,31,33). The van der Waals surface area contributed by atoms with Gasteiger partial charge in [0.25, 0.3) is 5.91 Å². The van der Waals surface area contributed by atoms with E-state index in [1.165, 1.54) is 0 Å². The Morgan fingerprint density at radius 2 is 1.91 bits per heavy atom. The van der Waals surface area contributed by atoms with Crippen molar-refractivity contribution in [2.75, 3.05) is 12.4 Å². The fourth-order valence-electron chi connectivity index (χ4n) is 4.20. The van der Waals surface area contributed by atoms with E-state index in [1.807, 2.05) is 30.3 Å². The van der Waals surface area contributed by atoms with E-state index >= 15 is 0 Å². The molecule has 0 radical (unpaired) electrons. The highest BCUT2D eigenvalue weighted by Crippen LogP contribution is 2.40. The number of ether oxygens (including phenoxy) is 1. The maximum Gasteiger partial charge on any atom is 0.257 e. The summed E-state index contributed by atoms with van der Waals surface area (Å²) in [6, 6.07) is 18.8. The first-order valence-corrected chi connectivity index (χ1v) is 11.2. The first kappa shape index (κ1) is 22.4. The van der Waals surface area contributed by atoms with Crippen LogP contribution in [0, 0.1) is 11.3 Å². The number of fused-ring (bicyclic) bond motifs is 1. The normalized spacial score (nSPS) is 14.5. The molecule has 3 aromatic rings. The zero-order valence-corrected chi connectivity index (χ0v) is 19.3. The van der Waals surface area contributed by atoms with Crippen LogP contribution in [0.5, 0.6) is 5.75 Å². The van der Waals surface area contributed by atoms with Gasteiger partial charge in [0.15, 0.2) is 10.9 Å². The highest BCUT2D eigenvalue weighted by Gasteiger charge is 2.27. The smallest absolute Gasteiger partial charge is 0.257 e. The number of thiocarbonyl (C=S) groups is 1. The fraction of sp³-hybridized carbons (Fsp3) is 0.231. The maximum absolute atomic E-state index is 12.5. The number of hydrogen-bond acceptors (Lipinski definition) is 5. The van der Waals surface area contributed by atoms with Gasteiger partial charge in [-0.3, -0.25) is 10.1 Å². The quantitative estimate of drug-likeness (QED) is 0.525. The monoisotopic (exact) mass is 456 g/mol. The number of amides is 1. The molecule has 1 aliphatic carbocycles. The third-order valence-electron chi connectivity index (χ3n) is 5.85. The Bertz CT molecular complexity index is 1230. The summed E-state index contributed by atoms with van der Waals surface area (Å²) in [5.41, 5.74) is 4.74. The third-order valence-corrected chi connectivity index (χ3v) is 6.05. The van der Waals surface area contributed by atoms with Crippen LogP contribution in [0.1, 0.15) is 52.9 Å². The van der Waals surface area contributed by atoms with Crippen LogP contribution >= 0.6 is 12.2 Å². The average Bonchev–Trinajstić information content (AvgIpc) is 2.84. The van der Waals surface area contributed by atoms with Crippen LogP contribution in [0.3, 0.4) is 0 Å². The molecular weight excluding hydrogens is 432 g/mol. The van der Waals surface area contributed by atoms with E-state index < -0.39 is 0 Å². The number of rotatable bonds is 4. The van der Waals surface area contributed by atoms with Gasteiger partial charge >= 0.3 is 0 Å². The summed E-state index contributed by atoms with van der Waals surface area (Å²) in [6.45, 7) is 2.15. The lowest BCUT2D eigenvalue weighted by Crippen LogP contribution is -2.34. The lowest BCUT2D eigenvalue weighted by atomic mass is 9.82. The van der Waals surface area contributed by atoms with Crippen LogP contribution in [-0.4, -0.2) is 23.1 Å². The van der Waals surface area contributed by atoms with Crippen LogP contribution in [0.15, 0.2) is 54.6 Å². The molecule has 33 heavy (non-hydrogen) atoms. The molecule has 0 spiro atoms. The van der Waals surface area contributed by atoms with Crippen LogP contribution < -0.4 is 15.4 Å². The number of benzene rings is 2. The van der Waals surface area contributed by atoms with Gasteiger partial charge in [-0.1, -0.05) is 37.3 Å². The number of methoxy groups -OCH3 is 1. The molecule has 2 N–H and O–H groups in total. The van der Waals surface area contributed by atoms with Gasteiger partial charge in [-0.2, -0.15) is 5.26 Å². The van der Waals surface area contributed by atoms with E-state index in [0.717, 1.165) is 47.4 Å². The first-order chi connectivity index (χ1) is 16.0. The number of nitrogens with zero attached hydrogens (tertiary/aromatic N) is 2. The van der Waals surface area contributed by atoms with Crippen LogP contribution in [0.4, 0.5) is 5.82 Å². The molecule has 6 nitrogen and oxygen atoms in total. The predicted octanol–water partition coefficient (Wildman–Crippen LogP) is 5.20. The van der Waals surface area contributed by atoms with Crippen molar-refractivity contribution in [1.29, 1.82) is 5.26 Å². The van der Waals surface area contributed by atoms with Crippen molar-refractivity contribution in [2.24, 2.45) is 0 Å². The summed E-state index contributed by atoms with van der Waals surface area (Å²) >= 11 is 5.39. The molecule has 0 fully saturated rings. The number of nitrogens with one attached hydrogen (secondary N) is 2. The molecule has 0 aliphatic heterocycles. The zero-order valence-electron chi connectivity index (χ0n) is 18.5. The molecule has 1 atom stereocenters. The first-order valence-electron chi connectivity index (χ1n) is 10.8. The van der Waals surface area contributed by atoms with Crippen LogP contribution in [0.2, 0.25) is 0 Å². The van der Waals surface area contributed by atoms with Crippen molar-refractivity contribution in [3.8, 4) is 22.9 Å². The fourth-order valence-corrected chi connectivity index (χ4v) is 4.39. The molecule has 7 heteroatoms. The summed E-state index contributed by atoms with van der Waals surface area (Å²) in [5, 5.41) is 15.9. The summed E-state index contributed by atoms with van der Waals surface area (Å²) in [7, 11) is 1.62. The second-order valence-electron chi connectivity index (χ2n) is 7.98. The Balaban J connectivity index is 1.73. The molecule has 1 heterocycles. The summed E-state index contributed by atoms with van der Waals surface area (Å²) in [4.78, 5) is 17.3. The van der Waals surface area contributed by atoms with Gasteiger partial charge in [-0.15, -0.1) is 0 Å². The minimum Gasteiger partial charge on any atom is -0.497 e. The largest absolute Gasteiger partial charge is 0.497 e. The topological polar surface area (TPSA) is 87.0 Å². The number of anilines is 1. The van der Waals surface area contributed by atoms with Crippen molar-refractivity contribution in [1.82, 2.24) is 10.3 Å². The summed E-state index contributed by atoms with van der Waals surface area (Å²) < 4.78 is 5.29. The number of hydrogen-bond donors (Lipinski definition) is 2. The molecule has 0 saturated heterocycles. The zero-order chi connectivity index (χ0) is 23.4. The molecule has 1 amide bonds. The number of aromatic nitrogens is 1. The van der Waals surface area contributed by atoms with E-state index in [-0.39, 0.29) is 16.9 Å². The highest BCUT2D eigenvalue weighted by molar-refractivity contribution is 7.80. The Labute approximate surface area is 198 Å². The van der Waals surface area contributed by atoms with Crippen molar-refractivity contribution in [2.45, 2.75) is 32.1 Å². The van der Waals surface area contributed by atoms with Gasteiger partial charge in [0.1, 0.15) is 17.4 Å². The minimum atomic E-state index is -0.326. The number of pyridine rings is 1. The molecule has 0 saturated carbocycles. The number of nitriles is 1. The second kappa shape index (κ2) is 9.80. The average molecular weight is 457 g/mol. The van der Waals surface area contributed by atoms with E-state index in [1.54, 1.807) is 31.4 Å². The Morgan fingerprint density at radius 3 is 2.58 bits per heavy atom. The van der Waals surface area contributed by atoms with E-state index in [4.69, 9.17) is 21.9 Å². The van der Waals surface area contributed by atoms with Crippen LogP contribution in [0.25, 0.3) is 11.1 Å². The van der Waals surface area contributed by atoms with E-state index in [2.05, 4.69) is 23.6 Å². The van der Waals surface area contributed by atoms with Gasteiger partial charge in [0.2, 0.25) is 0 Å². The Kier molecular flexibility index (Phi) is 6.66. The molecule has 1 aliphatic rings. The molecule has 1 aromatic heterocycles. The molecule has 4 rings (SSSR count). The minimum absolute atomic E-state index is 0.0944. The Hall–Kier alpha value is -3.76. The molecule has 166 valence electrons. The van der Waals surface area contributed by atoms with Gasteiger partial charge in [-0.25, -0.2) is 4.98 Å². The van der Waals surface area contributed by atoms with Gasteiger partial charge in [0.05, 0.1) is 7.11 Å². The summed E-state index contributed by atoms with van der Waals surface area (Å²) in [6.07, 6.45) is 2.93.